The number of aliphatic carboxylic acids is 1. The summed E-state index contributed by atoms with van der Waals surface area (Å²) in [6.45, 7) is 1.04. The third kappa shape index (κ3) is 3.14. The minimum atomic E-state index is -1.09. The lowest BCUT2D eigenvalue weighted by molar-refractivity contribution is -0.142. The van der Waals surface area contributed by atoms with Crippen LogP contribution in [0, 0.1) is 12.7 Å². The average molecular weight is 266 g/mol. The fraction of sp³-hybridized carbons (Fsp3) is 0.250. The maximum atomic E-state index is 13.8. The Hall–Kier alpha value is -2.28. The van der Waals surface area contributed by atoms with Crippen LogP contribution in [0.2, 0.25) is 0 Å². The van der Waals surface area contributed by atoms with Crippen LogP contribution < -0.4 is 0 Å². The molecule has 1 N–H and O–H groups in total. The summed E-state index contributed by atoms with van der Waals surface area (Å²) < 4.78 is 23.8. The summed E-state index contributed by atoms with van der Waals surface area (Å²) in [5.74, 6) is -1.39. The predicted octanol–water partition coefficient (Wildman–Crippen LogP) is 1.79. The van der Waals surface area contributed by atoms with Gasteiger partial charge in [0.1, 0.15) is 19.0 Å². The van der Waals surface area contributed by atoms with E-state index >= 15 is 0 Å². The van der Waals surface area contributed by atoms with Crippen molar-refractivity contribution < 1.29 is 23.4 Å². The lowest BCUT2D eigenvalue weighted by Crippen LogP contribution is -2.06. The molecule has 19 heavy (non-hydrogen) atoms. The summed E-state index contributed by atoms with van der Waals surface area (Å²) in [4.78, 5) is 10.3. The highest BCUT2D eigenvalue weighted by Crippen LogP contribution is 2.23. The first kappa shape index (κ1) is 13.2. The summed E-state index contributed by atoms with van der Waals surface area (Å²) in [5.41, 5.74) is 0.677. The van der Waals surface area contributed by atoms with E-state index in [-0.39, 0.29) is 24.0 Å². The number of rotatable bonds is 5. The van der Waals surface area contributed by atoms with E-state index in [0.717, 1.165) is 0 Å². The Bertz CT molecular complexity index is 597. The second-order valence-corrected chi connectivity index (χ2v) is 3.82. The van der Waals surface area contributed by atoms with Crippen LogP contribution in [0.3, 0.4) is 0 Å². The summed E-state index contributed by atoms with van der Waals surface area (Å²) >= 11 is 0. The highest BCUT2D eigenvalue weighted by Gasteiger charge is 2.14. The number of aromatic nitrogens is 2. The molecule has 1 heterocycles. The van der Waals surface area contributed by atoms with E-state index in [1.54, 1.807) is 19.1 Å². The molecule has 0 aliphatic rings. The molecule has 0 fully saturated rings. The number of hydrogen-bond acceptors (Lipinski definition) is 5. The summed E-state index contributed by atoms with van der Waals surface area (Å²) in [5, 5.41) is 15.8. The molecule has 0 amide bonds. The molecule has 0 aliphatic carbocycles. The van der Waals surface area contributed by atoms with Gasteiger partial charge in [0.15, 0.2) is 0 Å². The van der Waals surface area contributed by atoms with E-state index in [0.29, 0.717) is 5.56 Å². The quantitative estimate of drug-likeness (QED) is 0.887. The summed E-state index contributed by atoms with van der Waals surface area (Å²) in [6.07, 6.45) is 0. The normalized spacial score (nSPS) is 10.6. The van der Waals surface area contributed by atoms with Crippen molar-refractivity contribution in [2.24, 2.45) is 0 Å². The maximum Gasteiger partial charge on any atom is 0.329 e. The van der Waals surface area contributed by atoms with Crippen molar-refractivity contribution in [3.63, 3.8) is 0 Å². The summed E-state index contributed by atoms with van der Waals surface area (Å²) in [7, 11) is 0. The van der Waals surface area contributed by atoms with Gasteiger partial charge in [-0.05, 0) is 18.6 Å². The molecule has 0 aliphatic heterocycles. The van der Waals surface area contributed by atoms with Gasteiger partial charge in [0, 0.05) is 0 Å². The van der Waals surface area contributed by atoms with Gasteiger partial charge in [-0.3, -0.25) is 0 Å². The Morgan fingerprint density at radius 1 is 1.47 bits per heavy atom. The first-order chi connectivity index (χ1) is 9.08. The fourth-order valence-electron chi connectivity index (χ4n) is 1.46. The van der Waals surface area contributed by atoms with E-state index in [9.17, 15) is 9.18 Å². The van der Waals surface area contributed by atoms with Gasteiger partial charge in [-0.15, -0.1) is 10.2 Å². The fourth-order valence-corrected chi connectivity index (χ4v) is 1.46. The standard InChI is InChI=1S/C12H11FN2O4/c1-7-3-2-4-8(11(7)13)12-15-14-9(19-12)5-18-6-10(16)17/h2-4H,5-6H2,1H3,(H,16,17). The number of carboxylic acid groups (broad SMARTS) is 1. The van der Waals surface area contributed by atoms with Crippen molar-refractivity contribution >= 4 is 5.97 Å². The largest absolute Gasteiger partial charge is 0.480 e. The van der Waals surface area contributed by atoms with Crippen LogP contribution in [-0.2, 0) is 16.1 Å². The molecule has 0 radical (unpaired) electrons. The van der Waals surface area contributed by atoms with Crippen LogP contribution in [0.15, 0.2) is 22.6 Å². The Kier molecular flexibility index (Phi) is 3.86. The third-order valence-corrected chi connectivity index (χ3v) is 2.34. The lowest BCUT2D eigenvalue weighted by atomic mass is 10.1. The molecule has 1 aromatic carbocycles. The molecule has 0 atom stereocenters. The van der Waals surface area contributed by atoms with Crippen molar-refractivity contribution in [3.05, 3.63) is 35.5 Å². The average Bonchev–Trinajstić information content (AvgIpc) is 2.81. The van der Waals surface area contributed by atoms with Gasteiger partial charge in [-0.25, -0.2) is 9.18 Å². The number of hydrogen-bond donors (Lipinski definition) is 1. The van der Waals surface area contributed by atoms with Gasteiger partial charge in [0.25, 0.3) is 5.89 Å². The minimum Gasteiger partial charge on any atom is -0.480 e. The Morgan fingerprint density at radius 2 is 2.26 bits per heavy atom. The number of ether oxygens (including phenoxy) is 1. The van der Waals surface area contributed by atoms with Gasteiger partial charge < -0.3 is 14.3 Å². The van der Waals surface area contributed by atoms with Crippen molar-refractivity contribution in [2.75, 3.05) is 6.61 Å². The first-order valence-electron chi connectivity index (χ1n) is 5.45. The van der Waals surface area contributed by atoms with Crippen molar-refractivity contribution in [2.45, 2.75) is 13.5 Å². The molecular weight excluding hydrogens is 255 g/mol. The Labute approximate surface area is 107 Å². The monoisotopic (exact) mass is 266 g/mol. The second kappa shape index (κ2) is 5.57. The van der Waals surface area contributed by atoms with E-state index in [1.807, 2.05) is 0 Å². The molecule has 1 aromatic heterocycles. The maximum absolute atomic E-state index is 13.8. The van der Waals surface area contributed by atoms with Gasteiger partial charge >= 0.3 is 5.97 Å². The molecule has 7 heteroatoms. The molecule has 0 bridgehead atoms. The smallest absolute Gasteiger partial charge is 0.329 e. The van der Waals surface area contributed by atoms with Gasteiger partial charge in [-0.1, -0.05) is 12.1 Å². The van der Waals surface area contributed by atoms with E-state index in [4.69, 9.17) is 14.3 Å². The highest BCUT2D eigenvalue weighted by molar-refractivity contribution is 5.67. The van der Waals surface area contributed by atoms with Crippen molar-refractivity contribution in [1.82, 2.24) is 10.2 Å². The van der Waals surface area contributed by atoms with Crippen LogP contribution in [0.4, 0.5) is 4.39 Å². The zero-order chi connectivity index (χ0) is 13.8. The lowest BCUT2D eigenvalue weighted by Gasteiger charge is -2.00. The number of carboxylic acids is 1. The number of nitrogens with zero attached hydrogens (tertiary/aromatic N) is 2. The zero-order valence-electron chi connectivity index (χ0n) is 10.1. The Balaban J connectivity index is 2.12. The van der Waals surface area contributed by atoms with Crippen LogP contribution in [0.25, 0.3) is 11.5 Å². The van der Waals surface area contributed by atoms with Gasteiger partial charge in [0.05, 0.1) is 5.56 Å². The number of halogens is 1. The first-order valence-corrected chi connectivity index (χ1v) is 5.45. The number of carbonyl (C=O) groups is 1. The molecule has 0 saturated heterocycles. The van der Waals surface area contributed by atoms with Crippen LogP contribution in [0.1, 0.15) is 11.5 Å². The molecule has 2 rings (SSSR count). The molecular formula is C12H11FN2O4. The van der Waals surface area contributed by atoms with Crippen molar-refractivity contribution in [1.29, 1.82) is 0 Å². The SMILES string of the molecule is Cc1cccc(-c2nnc(COCC(=O)O)o2)c1F. The third-order valence-electron chi connectivity index (χ3n) is 2.34. The minimum absolute atomic E-state index is 0.0372. The predicted molar refractivity (Wildman–Crippen MR) is 61.7 cm³/mol. The highest BCUT2D eigenvalue weighted by atomic mass is 19.1. The molecule has 6 nitrogen and oxygen atoms in total. The zero-order valence-corrected chi connectivity index (χ0v) is 10.1. The van der Waals surface area contributed by atoms with Crippen LogP contribution in [0.5, 0.6) is 0 Å². The van der Waals surface area contributed by atoms with E-state index in [2.05, 4.69) is 10.2 Å². The molecule has 0 unspecified atom stereocenters. The van der Waals surface area contributed by atoms with E-state index in [1.165, 1.54) is 6.07 Å². The Morgan fingerprint density at radius 3 is 3.00 bits per heavy atom. The second-order valence-electron chi connectivity index (χ2n) is 3.82. The van der Waals surface area contributed by atoms with E-state index < -0.39 is 18.4 Å². The molecule has 100 valence electrons. The summed E-state index contributed by atoms with van der Waals surface area (Å²) in [6, 6.07) is 4.84. The molecule has 2 aromatic rings. The molecule has 0 spiro atoms. The van der Waals surface area contributed by atoms with Crippen molar-refractivity contribution in [3.8, 4) is 11.5 Å². The number of aryl methyl sites for hydroxylation is 1. The van der Waals surface area contributed by atoms with Gasteiger partial charge in [-0.2, -0.15) is 0 Å². The number of benzene rings is 1. The van der Waals surface area contributed by atoms with Gasteiger partial charge in [0.2, 0.25) is 5.89 Å². The van der Waals surface area contributed by atoms with Crippen LogP contribution >= 0.6 is 0 Å². The molecule has 0 saturated carbocycles. The topological polar surface area (TPSA) is 85.5 Å². The van der Waals surface area contributed by atoms with Crippen LogP contribution in [-0.4, -0.2) is 27.9 Å².